The third-order valence-electron chi connectivity index (χ3n) is 4.47. The van der Waals surface area contributed by atoms with Crippen LogP contribution in [0.3, 0.4) is 0 Å². The van der Waals surface area contributed by atoms with Crippen molar-refractivity contribution in [2.45, 2.75) is 25.0 Å². The van der Waals surface area contributed by atoms with Crippen LogP contribution in [-0.2, 0) is 23.0 Å². The number of amides is 1. The second-order valence-corrected chi connectivity index (χ2v) is 8.87. The second kappa shape index (κ2) is 8.92. The molecule has 0 radical (unpaired) electrons. The van der Waals surface area contributed by atoms with Crippen molar-refractivity contribution >= 4 is 15.7 Å². The van der Waals surface area contributed by atoms with Gasteiger partial charge in [-0.05, 0) is 47.9 Å². The number of sulfone groups is 1. The van der Waals surface area contributed by atoms with Crippen molar-refractivity contribution < 1.29 is 17.9 Å². The van der Waals surface area contributed by atoms with Gasteiger partial charge in [0.2, 0.25) is 0 Å². The minimum atomic E-state index is -3.37. The van der Waals surface area contributed by atoms with Crippen molar-refractivity contribution in [2.75, 3.05) is 6.26 Å². The molecule has 0 unspecified atom stereocenters. The molecule has 5 nitrogen and oxygen atoms in total. The van der Waals surface area contributed by atoms with Crippen LogP contribution in [0.2, 0.25) is 0 Å². The van der Waals surface area contributed by atoms with Gasteiger partial charge < -0.3 is 10.1 Å². The first-order valence-electron chi connectivity index (χ1n) is 9.17. The van der Waals surface area contributed by atoms with Crippen LogP contribution in [0.25, 0.3) is 0 Å². The van der Waals surface area contributed by atoms with E-state index in [1.54, 1.807) is 13.0 Å². The van der Waals surface area contributed by atoms with Gasteiger partial charge in [0.1, 0.15) is 12.4 Å². The number of benzene rings is 3. The standard InChI is InChI=1S/C23H23NO4S/c1-17-11-12-21(29(2,26)27)14-22(17)23(25)24-15-18-7-6-8-19(13-18)16-28-20-9-4-3-5-10-20/h3-14H,15-16H2,1-2H3,(H,24,25). The fourth-order valence-electron chi connectivity index (χ4n) is 2.87. The summed E-state index contributed by atoms with van der Waals surface area (Å²) in [5.74, 6) is 0.492. The Morgan fingerprint density at radius 1 is 0.931 bits per heavy atom. The predicted octanol–water partition coefficient (Wildman–Crippen LogP) is 3.91. The second-order valence-electron chi connectivity index (χ2n) is 6.85. The number of rotatable bonds is 7. The monoisotopic (exact) mass is 409 g/mol. The van der Waals surface area contributed by atoms with E-state index in [-0.39, 0.29) is 10.8 Å². The summed E-state index contributed by atoms with van der Waals surface area (Å²) >= 11 is 0. The minimum Gasteiger partial charge on any atom is -0.489 e. The molecule has 0 aliphatic rings. The number of ether oxygens (including phenoxy) is 1. The SMILES string of the molecule is Cc1ccc(S(C)(=O)=O)cc1C(=O)NCc1cccc(COc2ccccc2)c1. The van der Waals surface area contributed by atoms with Crippen molar-refractivity contribution in [1.82, 2.24) is 5.32 Å². The zero-order chi connectivity index (χ0) is 20.9. The third kappa shape index (κ3) is 5.68. The van der Waals surface area contributed by atoms with Gasteiger partial charge in [0.15, 0.2) is 9.84 Å². The molecular weight excluding hydrogens is 386 g/mol. The van der Waals surface area contributed by atoms with Crippen molar-refractivity contribution in [3.63, 3.8) is 0 Å². The highest BCUT2D eigenvalue weighted by molar-refractivity contribution is 7.90. The van der Waals surface area contributed by atoms with Gasteiger partial charge >= 0.3 is 0 Å². The summed E-state index contributed by atoms with van der Waals surface area (Å²) in [5.41, 5.74) is 3.01. The third-order valence-corrected chi connectivity index (χ3v) is 5.59. The largest absolute Gasteiger partial charge is 0.489 e. The van der Waals surface area contributed by atoms with E-state index in [4.69, 9.17) is 4.74 Å². The van der Waals surface area contributed by atoms with E-state index in [1.165, 1.54) is 12.1 Å². The first-order chi connectivity index (χ1) is 13.8. The Bertz CT molecular complexity index is 1110. The Hall–Kier alpha value is -3.12. The Kier molecular flexibility index (Phi) is 6.34. The van der Waals surface area contributed by atoms with Gasteiger partial charge in [-0.2, -0.15) is 0 Å². The molecule has 0 saturated heterocycles. The lowest BCUT2D eigenvalue weighted by Crippen LogP contribution is -2.24. The summed E-state index contributed by atoms with van der Waals surface area (Å²) in [6.45, 7) is 2.55. The molecule has 6 heteroatoms. The van der Waals surface area contributed by atoms with E-state index in [9.17, 15) is 13.2 Å². The van der Waals surface area contributed by atoms with Crippen LogP contribution in [0.4, 0.5) is 0 Å². The molecule has 0 aliphatic heterocycles. The maximum Gasteiger partial charge on any atom is 0.251 e. The lowest BCUT2D eigenvalue weighted by Gasteiger charge is -2.11. The Labute approximate surface area is 171 Å². The quantitative estimate of drug-likeness (QED) is 0.642. The van der Waals surface area contributed by atoms with Gasteiger partial charge in [0, 0.05) is 18.4 Å². The smallest absolute Gasteiger partial charge is 0.251 e. The summed E-state index contributed by atoms with van der Waals surface area (Å²) in [6.07, 6.45) is 1.13. The molecule has 1 amide bonds. The molecule has 3 aromatic carbocycles. The van der Waals surface area contributed by atoms with Crippen LogP contribution in [0.15, 0.2) is 77.7 Å². The molecule has 29 heavy (non-hydrogen) atoms. The molecule has 0 bridgehead atoms. The van der Waals surface area contributed by atoms with E-state index < -0.39 is 9.84 Å². The molecule has 3 rings (SSSR count). The van der Waals surface area contributed by atoms with Crippen LogP contribution in [0.5, 0.6) is 5.75 Å². The van der Waals surface area contributed by atoms with E-state index in [0.717, 1.165) is 28.7 Å². The van der Waals surface area contributed by atoms with E-state index in [2.05, 4.69) is 5.32 Å². The Morgan fingerprint density at radius 3 is 2.38 bits per heavy atom. The van der Waals surface area contributed by atoms with E-state index in [0.29, 0.717) is 18.7 Å². The predicted molar refractivity (Wildman–Crippen MR) is 113 cm³/mol. The number of para-hydroxylation sites is 1. The lowest BCUT2D eigenvalue weighted by atomic mass is 10.1. The Balaban J connectivity index is 1.65. The van der Waals surface area contributed by atoms with Crippen molar-refractivity contribution in [3.05, 3.63) is 95.1 Å². The van der Waals surface area contributed by atoms with Crippen LogP contribution in [0, 0.1) is 6.92 Å². The maximum atomic E-state index is 12.6. The number of carbonyl (C=O) groups excluding carboxylic acids is 1. The van der Waals surface area contributed by atoms with Gasteiger partial charge in [-0.15, -0.1) is 0 Å². The van der Waals surface area contributed by atoms with Gasteiger partial charge in [-0.1, -0.05) is 48.5 Å². The highest BCUT2D eigenvalue weighted by Crippen LogP contribution is 2.16. The number of hydrogen-bond acceptors (Lipinski definition) is 4. The minimum absolute atomic E-state index is 0.133. The molecule has 0 aromatic heterocycles. The molecular formula is C23H23NO4S. The molecule has 150 valence electrons. The summed E-state index contributed by atoms with van der Waals surface area (Å²) in [4.78, 5) is 12.7. The van der Waals surface area contributed by atoms with Gasteiger partial charge in [0.25, 0.3) is 5.91 Å². The van der Waals surface area contributed by atoms with Crippen LogP contribution < -0.4 is 10.1 Å². The topological polar surface area (TPSA) is 72.5 Å². The number of nitrogens with one attached hydrogen (secondary N) is 1. The van der Waals surface area contributed by atoms with Crippen LogP contribution in [-0.4, -0.2) is 20.6 Å². The average molecular weight is 410 g/mol. The highest BCUT2D eigenvalue weighted by atomic mass is 32.2. The zero-order valence-electron chi connectivity index (χ0n) is 16.4. The van der Waals surface area contributed by atoms with Gasteiger partial charge in [0.05, 0.1) is 4.90 Å². The first-order valence-corrected chi connectivity index (χ1v) is 11.1. The first kappa shape index (κ1) is 20.6. The van der Waals surface area contributed by atoms with Crippen molar-refractivity contribution in [1.29, 1.82) is 0 Å². The number of hydrogen-bond donors (Lipinski definition) is 1. The van der Waals surface area contributed by atoms with E-state index in [1.807, 2.05) is 54.6 Å². The molecule has 3 aromatic rings. The average Bonchev–Trinajstić information content (AvgIpc) is 2.71. The summed E-state index contributed by atoms with van der Waals surface area (Å²) in [6, 6.07) is 21.9. The fraction of sp³-hybridized carbons (Fsp3) is 0.174. The van der Waals surface area contributed by atoms with Crippen molar-refractivity contribution in [2.24, 2.45) is 0 Å². The summed E-state index contributed by atoms with van der Waals surface area (Å²) in [5, 5.41) is 2.86. The lowest BCUT2D eigenvalue weighted by molar-refractivity contribution is 0.0950. The normalized spacial score (nSPS) is 11.1. The molecule has 0 heterocycles. The van der Waals surface area contributed by atoms with Gasteiger partial charge in [-0.25, -0.2) is 8.42 Å². The molecule has 0 fully saturated rings. The van der Waals surface area contributed by atoms with Crippen molar-refractivity contribution in [3.8, 4) is 5.75 Å². The van der Waals surface area contributed by atoms with Crippen LogP contribution >= 0.6 is 0 Å². The molecule has 1 N–H and O–H groups in total. The molecule has 0 atom stereocenters. The number of carbonyl (C=O) groups is 1. The fourth-order valence-corrected chi connectivity index (χ4v) is 3.51. The van der Waals surface area contributed by atoms with Crippen LogP contribution in [0.1, 0.15) is 27.0 Å². The maximum absolute atomic E-state index is 12.6. The summed E-state index contributed by atoms with van der Waals surface area (Å²) < 4.78 is 29.3. The Morgan fingerprint density at radius 2 is 1.66 bits per heavy atom. The van der Waals surface area contributed by atoms with Gasteiger partial charge in [-0.3, -0.25) is 4.79 Å². The number of aryl methyl sites for hydroxylation is 1. The molecule has 0 aliphatic carbocycles. The highest BCUT2D eigenvalue weighted by Gasteiger charge is 2.14. The summed E-state index contributed by atoms with van der Waals surface area (Å²) in [7, 11) is -3.37. The van der Waals surface area contributed by atoms with E-state index >= 15 is 0 Å². The zero-order valence-corrected chi connectivity index (χ0v) is 17.2. The molecule has 0 spiro atoms. The molecule has 0 saturated carbocycles.